The number of nitrogens with zero attached hydrogens (tertiary/aromatic N) is 3. The summed E-state index contributed by atoms with van der Waals surface area (Å²) in [5.74, 6) is 5.49. The highest BCUT2D eigenvalue weighted by Gasteiger charge is 2.46. The number of cyclic esters (lactones) is 1. The van der Waals surface area contributed by atoms with E-state index in [1.165, 1.54) is 13.2 Å². The topological polar surface area (TPSA) is 99.8 Å². The Hall–Kier alpha value is -4.62. The Labute approximate surface area is 244 Å². The summed E-state index contributed by atoms with van der Waals surface area (Å²) < 4.78 is 25.2. The number of ether oxygens (including phenoxy) is 2. The molecule has 9 nitrogen and oxygen atoms in total. The van der Waals surface area contributed by atoms with Crippen molar-refractivity contribution in [3.8, 4) is 28.8 Å². The molecule has 0 saturated carbocycles. The number of anilines is 2. The fraction of sp³-hybridized carbons (Fsp3) is 0.344. The van der Waals surface area contributed by atoms with Crippen LogP contribution in [0.1, 0.15) is 35.5 Å². The van der Waals surface area contributed by atoms with Crippen LogP contribution in [-0.4, -0.2) is 78.6 Å². The van der Waals surface area contributed by atoms with Gasteiger partial charge in [0.25, 0.3) is 0 Å². The van der Waals surface area contributed by atoms with Gasteiger partial charge in [-0.25, -0.2) is 9.18 Å². The lowest BCUT2D eigenvalue weighted by molar-refractivity contribution is -0.140. The molecule has 2 aliphatic heterocycles. The summed E-state index contributed by atoms with van der Waals surface area (Å²) in [5, 5.41) is 3.22. The SMILES string of the molecule is COc1c(F)cccc1Nc1c(-c2ccncc2C#CC2N(C(=O)/C=C/CN(C)C)CC2(C)C)[nH]c2c1C(=O)OCC2. The highest BCUT2D eigenvalue weighted by atomic mass is 19.1. The lowest BCUT2D eigenvalue weighted by Crippen LogP contribution is -2.62. The summed E-state index contributed by atoms with van der Waals surface area (Å²) in [6, 6.07) is 6.05. The molecule has 0 spiro atoms. The van der Waals surface area contributed by atoms with Crippen LogP contribution < -0.4 is 10.1 Å². The molecule has 218 valence electrons. The monoisotopic (exact) mass is 571 g/mol. The minimum Gasteiger partial charge on any atom is -0.492 e. The van der Waals surface area contributed by atoms with Crippen molar-refractivity contribution >= 4 is 23.3 Å². The van der Waals surface area contributed by atoms with Gasteiger partial charge in [0.15, 0.2) is 11.6 Å². The van der Waals surface area contributed by atoms with Crippen LogP contribution in [0.25, 0.3) is 11.3 Å². The number of hydrogen-bond acceptors (Lipinski definition) is 7. The maximum atomic E-state index is 14.5. The number of hydrogen-bond donors (Lipinski definition) is 2. The molecule has 5 rings (SSSR count). The molecule has 2 N–H and O–H groups in total. The maximum absolute atomic E-state index is 14.5. The molecule has 3 aromatic rings. The number of likely N-dealkylation sites (N-methyl/N-ethyl adjacent to an activating group) is 1. The first-order valence-electron chi connectivity index (χ1n) is 13.7. The van der Waals surface area contributed by atoms with Gasteiger partial charge in [0.05, 0.1) is 36.3 Å². The quantitative estimate of drug-likeness (QED) is 0.247. The number of rotatable bonds is 7. The number of pyridine rings is 1. The van der Waals surface area contributed by atoms with E-state index in [0.29, 0.717) is 59.0 Å². The molecule has 0 radical (unpaired) electrons. The van der Waals surface area contributed by atoms with Gasteiger partial charge in [-0.15, -0.1) is 0 Å². The molecule has 0 aliphatic carbocycles. The van der Waals surface area contributed by atoms with E-state index in [-0.39, 0.29) is 29.7 Å². The summed E-state index contributed by atoms with van der Waals surface area (Å²) >= 11 is 0. The average Bonchev–Trinajstić information content (AvgIpc) is 3.31. The molecule has 1 fully saturated rings. The second-order valence-corrected chi connectivity index (χ2v) is 11.3. The molecule has 1 atom stereocenters. The Morgan fingerprint density at radius 2 is 2.17 bits per heavy atom. The molecule has 2 aliphatic rings. The number of benzene rings is 1. The second kappa shape index (κ2) is 11.7. The van der Waals surface area contributed by atoms with Gasteiger partial charge >= 0.3 is 5.97 Å². The van der Waals surface area contributed by atoms with Crippen molar-refractivity contribution in [2.75, 3.05) is 46.2 Å². The van der Waals surface area contributed by atoms with Gasteiger partial charge in [-0.2, -0.15) is 0 Å². The van der Waals surface area contributed by atoms with Crippen LogP contribution in [0.5, 0.6) is 5.75 Å². The number of methoxy groups -OCH3 is 1. The molecule has 1 aromatic carbocycles. The van der Waals surface area contributed by atoms with E-state index < -0.39 is 11.8 Å². The van der Waals surface area contributed by atoms with E-state index in [9.17, 15) is 14.0 Å². The molecular formula is C32H34FN5O4. The highest BCUT2D eigenvalue weighted by Crippen LogP contribution is 2.41. The van der Waals surface area contributed by atoms with Gasteiger partial charge in [-0.05, 0) is 32.3 Å². The van der Waals surface area contributed by atoms with Gasteiger partial charge < -0.3 is 29.6 Å². The molecule has 1 unspecified atom stereocenters. The van der Waals surface area contributed by atoms with Crippen molar-refractivity contribution in [1.82, 2.24) is 19.8 Å². The fourth-order valence-corrected chi connectivity index (χ4v) is 5.28. The van der Waals surface area contributed by atoms with Crippen LogP contribution in [-0.2, 0) is 16.0 Å². The Bertz CT molecular complexity index is 1610. The normalized spacial score (nSPS) is 17.3. The number of amides is 1. The van der Waals surface area contributed by atoms with E-state index in [4.69, 9.17) is 9.47 Å². The van der Waals surface area contributed by atoms with Gasteiger partial charge in [0.2, 0.25) is 5.91 Å². The summed E-state index contributed by atoms with van der Waals surface area (Å²) in [6.07, 6.45) is 7.24. The standard InChI is InChI=1S/C32H34FN5O4/c1-32(2)19-38(26(39)10-7-16-37(3)4)25(32)12-11-20-18-34-15-13-21(20)28-29(27-23(35-28)14-17-42-31(27)40)36-24-9-6-8-22(33)30(24)41-5/h6-10,13,15,18,25,35-36H,14,16-17,19H2,1-5H3/b10-7+. The van der Waals surface area contributed by atoms with E-state index in [1.54, 1.807) is 41.6 Å². The van der Waals surface area contributed by atoms with Gasteiger partial charge in [-0.3, -0.25) is 9.78 Å². The molecule has 10 heteroatoms. The van der Waals surface area contributed by atoms with Crippen LogP contribution in [0, 0.1) is 23.1 Å². The van der Waals surface area contributed by atoms with Crippen LogP contribution in [0.3, 0.4) is 0 Å². The van der Waals surface area contributed by atoms with Crippen molar-refractivity contribution < 1.29 is 23.5 Å². The van der Waals surface area contributed by atoms with Crippen molar-refractivity contribution in [3.63, 3.8) is 0 Å². The Kier molecular flexibility index (Phi) is 8.05. The number of esters is 1. The van der Waals surface area contributed by atoms with Gasteiger partial charge in [0.1, 0.15) is 11.6 Å². The number of halogens is 1. The molecular weight excluding hydrogens is 537 g/mol. The number of likely N-dealkylation sites (tertiary alicyclic amines) is 1. The molecule has 1 saturated heterocycles. The zero-order chi connectivity index (χ0) is 30.0. The largest absolute Gasteiger partial charge is 0.492 e. The van der Waals surface area contributed by atoms with Gasteiger partial charge in [0, 0.05) is 54.7 Å². The van der Waals surface area contributed by atoms with Crippen LogP contribution in [0.2, 0.25) is 0 Å². The van der Waals surface area contributed by atoms with Crippen molar-refractivity contribution in [3.05, 3.63) is 71.4 Å². The first kappa shape index (κ1) is 28.9. The number of carbonyl (C=O) groups is 2. The Balaban J connectivity index is 1.54. The fourth-order valence-electron chi connectivity index (χ4n) is 5.28. The van der Waals surface area contributed by atoms with E-state index >= 15 is 0 Å². The molecule has 0 bridgehead atoms. The second-order valence-electron chi connectivity index (χ2n) is 11.3. The lowest BCUT2D eigenvalue weighted by Gasteiger charge is -2.51. The summed E-state index contributed by atoms with van der Waals surface area (Å²) in [7, 11) is 5.27. The summed E-state index contributed by atoms with van der Waals surface area (Å²) in [4.78, 5) is 37.2. The summed E-state index contributed by atoms with van der Waals surface area (Å²) in [5.41, 5.74) is 3.54. The first-order chi connectivity index (χ1) is 20.1. The third kappa shape index (κ3) is 5.60. The van der Waals surface area contributed by atoms with Crippen molar-refractivity contribution in [1.29, 1.82) is 0 Å². The van der Waals surface area contributed by atoms with E-state index in [1.807, 2.05) is 25.1 Å². The smallest absolute Gasteiger partial charge is 0.342 e. The summed E-state index contributed by atoms with van der Waals surface area (Å²) in [6.45, 7) is 5.70. The number of aromatic amines is 1. The minimum absolute atomic E-state index is 0.0222. The predicted octanol–water partition coefficient (Wildman–Crippen LogP) is 4.39. The van der Waals surface area contributed by atoms with Crippen LogP contribution in [0.15, 0.2) is 48.8 Å². The van der Waals surface area contributed by atoms with Crippen LogP contribution in [0.4, 0.5) is 15.8 Å². The number of fused-ring (bicyclic) bond motifs is 1. The minimum atomic E-state index is -0.537. The van der Waals surface area contributed by atoms with Crippen molar-refractivity contribution in [2.45, 2.75) is 26.3 Å². The lowest BCUT2D eigenvalue weighted by atomic mass is 9.75. The van der Waals surface area contributed by atoms with Crippen molar-refractivity contribution in [2.24, 2.45) is 5.41 Å². The third-order valence-electron chi connectivity index (χ3n) is 7.38. The average molecular weight is 572 g/mol. The first-order valence-corrected chi connectivity index (χ1v) is 13.7. The van der Waals surface area contributed by atoms with Crippen LogP contribution >= 0.6 is 0 Å². The Morgan fingerprint density at radius 3 is 2.90 bits per heavy atom. The van der Waals surface area contributed by atoms with E-state index in [2.05, 4.69) is 41.0 Å². The molecule has 4 heterocycles. The molecule has 42 heavy (non-hydrogen) atoms. The maximum Gasteiger partial charge on any atom is 0.342 e. The van der Waals surface area contributed by atoms with Gasteiger partial charge in [-0.1, -0.05) is 37.8 Å². The number of para-hydroxylation sites is 1. The third-order valence-corrected chi connectivity index (χ3v) is 7.38. The zero-order valence-electron chi connectivity index (χ0n) is 24.4. The number of nitrogens with one attached hydrogen (secondary N) is 2. The number of carbonyl (C=O) groups excluding carboxylic acids is 2. The molecule has 2 aromatic heterocycles. The predicted molar refractivity (Wildman–Crippen MR) is 158 cm³/mol. The number of H-pyrrole nitrogens is 1. The number of aromatic nitrogens is 2. The zero-order valence-corrected chi connectivity index (χ0v) is 24.4. The van der Waals surface area contributed by atoms with E-state index in [0.717, 1.165) is 0 Å². The Morgan fingerprint density at radius 1 is 1.36 bits per heavy atom. The highest BCUT2D eigenvalue weighted by molar-refractivity contribution is 6.04. The molecule has 1 amide bonds.